The summed E-state index contributed by atoms with van der Waals surface area (Å²) in [5.74, 6) is 0.373. The standard InChI is InChI=1S/C17H18N2O2/c1-10-12(11-7-5-6-8-13(11)18-10)9-14-15(20)21-16(19-14)17(2,3)4/h5-9,20H,1-4H3/b12-9-. The van der Waals surface area contributed by atoms with Crippen molar-refractivity contribution in [2.75, 3.05) is 0 Å². The van der Waals surface area contributed by atoms with E-state index in [1.54, 1.807) is 0 Å². The van der Waals surface area contributed by atoms with Crippen molar-refractivity contribution in [3.8, 4) is 5.95 Å². The minimum absolute atomic E-state index is 0.149. The number of allylic oxidation sites excluding steroid dienone is 1. The number of benzene rings is 1. The fourth-order valence-electron chi connectivity index (χ4n) is 2.29. The molecule has 0 aliphatic carbocycles. The summed E-state index contributed by atoms with van der Waals surface area (Å²) in [6, 6.07) is 7.93. The van der Waals surface area contributed by atoms with Crippen LogP contribution in [0.4, 0.5) is 5.69 Å². The van der Waals surface area contributed by atoms with E-state index >= 15 is 0 Å². The van der Waals surface area contributed by atoms with Crippen LogP contribution in [0.15, 0.2) is 33.7 Å². The second-order valence-electron chi connectivity index (χ2n) is 6.23. The molecule has 0 radical (unpaired) electrons. The van der Waals surface area contributed by atoms with Gasteiger partial charge in [0, 0.05) is 22.3 Å². The molecule has 4 heteroatoms. The molecule has 0 bridgehead atoms. The largest absolute Gasteiger partial charge is 0.479 e. The fourth-order valence-corrected chi connectivity index (χ4v) is 2.29. The molecule has 0 saturated heterocycles. The summed E-state index contributed by atoms with van der Waals surface area (Å²) >= 11 is 0. The number of hydrogen-bond donors (Lipinski definition) is 1. The van der Waals surface area contributed by atoms with Crippen molar-refractivity contribution in [2.24, 2.45) is 4.99 Å². The van der Waals surface area contributed by atoms with Gasteiger partial charge in [0.2, 0.25) is 5.89 Å². The first kappa shape index (κ1) is 13.6. The first-order valence-corrected chi connectivity index (χ1v) is 6.93. The summed E-state index contributed by atoms with van der Waals surface area (Å²) in [5.41, 5.74) is 4.08. The van der Waals surface area contributed by atoms with Crippen molar-refractivity contribution in [3.63, 3.8) is 0 Å². The molecule has 1 aromatic carbocycles. The van der Waals surface area contributed by atoms with Crippen LogP contribution in [0.1, 0.15) is 44.8 Å². The highest BCUT2D eigenvalue weighted by atomic mass is 16.5. The Balaban J connectivity index is 2.08. The highest BCUT2D eigenvalue weighted by Crippen LogP contribution is 2.37. The average Bonchev–Trinajstić information content (AvgIpc) is 2.92. The van der Waals surface area contributed by atoms with Gasteiger partial charge in [0.05, 0.1) is 5.69 Å². The number of aromatic hydroxyl groups is 1. The predicted octanol–water partition coefficient (Wildman–Crippen LogP) is 4.32. The third kappa shape index (κ3) is 2.37. The summed E-state index contributed by atoms with van der Waals surface area (Å²) in [4.78, 5) is 8.93. The Kier molecular flexibility index (Phi) is 2.97. The summed E-state index contributed by atoms with van der Waals surface area (Å²) in [6.45, 7) is 7.93. The Morgan fingerprint density at radius 2 is 1.90 bits per heavy atom. The highest BCUT2D eigenvalue weighted by Gasteiger charge is 2.24. The van der Waals surface area contributed by atoms with Crippen molar-refractivity contribution >= 4 is 23.0 Å². The third-order valence-corrected chi connectivity index (χ3v) is 3.43. The number of aromatic nitrogens is 1. The molecule has 3 rings (SSSR count). The zero-order valence-electron chi connectivity index (χ0n) is 12.6. The minimum atomic E-state index is -0.245. The highest BCUT2D eigenvalue weighted by molar-refractivity contribution is 6.31. The summed E-state index contributed by atoms with van der Waals surface area (Å²) in [5, 5.41) is 9.98. The first-order chi connectivity index (χ1) is 9.86. The van der Waals surface area contributed by atoms with Crippen LogP contribution in [-0.4, -0.2) is 15.8 Å². The van der Waals surface area contributed by atoms with E-state index in [0.717, 1.165) is 22.5 Å². The Bertz CT molecular complexity index is 761. The van der Waals surface area contributed by atoms with Crippen LogP contribution in [-0.2, 0) is 5.41 Å². The average molecular weight is 282 g/mol. The van der Waals surface area contributed by atoms with E-state index < -0.39 is 0 Å². The zero-order valence-corrected chi connectivity index (χ0v) is 12.6. The zero-order chi connectivity index (χ0) is 15.2. The SMILES string of the molecule is CC1=Nc2ccccc2/C1=C\c1nc(C(C)(C)C)oc1O. The Hall–Kier alpha value is -2.36. The summed E-state index contributed by atoms with van der Waals surface area (Å²) < 4.78 is 5.37. The molecule has 0 spiro atoms. The number of rotatable bonds is 1. The molecule has 0 saturated carbocycles. The number of para-hydroxylation sites is 1. The van der Waals surface area contributed by atoms with Crippen molar-refractivity contribution in [1.82, 2.24) is 4.98 Å². The van der Waals surface area contributed by atoms with Crippen LogP contribution in [0.25, 0.3) is 11.6 Å². The Morgan fingerprint density at radius 3 is 2.57 bits per heavy atom. The van der Waals surface area contributed by atoms with Crippen molar-refractivity contribution < 1.29 is 9.52 Å². The Morgan fingerprint density at radius 1 is 1.19 bits per heavy atom. The van der Waals surface area contributed by atoms with Crippen LogP contribution in [0.5, 0.6) is 5.95 Å². The lowest BCUT2D eigenvalue weighted by Gasteiger charge is -2.11. The molecule has 108 valence electrons. The quantitative estimate of drug-likeness (QED) is 0.847. The maximum atomic E-state index is 9.98. The molecular formula is C17H18N2O2. The molecule has 0 amide bonds. The number of nitrogens with zero attached hydrogens (tertiary/aromatic N) is 2. The van der Waals surface area contributed by atoms with E-state index in [-0.39, 0.29) is 11.4 Å². The second-order valence-corrected chi connectivity index (χ2v) is 6.23. The van der Waals surface area contributed by atoms with Gasteiger partial charge in [-0.05, 0) is 19.1 Å². The molecule has 2 heterocycles. The van der Waals surface area contributed by atoms with E-state index in [1.807, 2.05) is 58.0 Å². The monoisotopic (exact) mass is 282 g/mol. The van der Waals surface area contributed by atoms with Crippen molar-refractivity contribution in [3.05, 3.63) is 41.4 Å². The molecular weight excluding hydrogens is 264 g/mol. The second kappa shape index (κ2) is 4.58. The van der Waals surface area contributed by atoms with Gasteiger partial charge in [-0.2, -0.15) is 0 Å². The molecule has 1 aliphatic heterocycles. The molecule has 0 unspecified atom stereocenters. The van der Waals surface area contributed by atoms with E-state index in [2.05, 4.69) is 9.98 Å². The van der Waals surface area contributed by atoms with Crippen LogP contribution in [0.2, 0.25) is 0 Å². The molecule has 1 aromatic heterocycles. The topological polar surface area (TPSA) is 58.6 Å². The van der Waals surface area contributed by atoms with Crippen molar-refractivity contribution in [1.29, 1.82) is 0 Å². The number of oxazole rings is 1. The summed E-state index contributed by atoms with van der Waals surface area (Å²) in [6.07, 6.45) is 1.83. The molecule has 4 nitrogen and oxygen atoms in total. The molecule has 21 heavy (non-hydrogen) atoms. The number of aliphatic imine (C=N–C) groups is 1. The molecule has 1 aliphatic rings. The van der Waals surface area contributed by atoms with E-state index in [0.29, 0.717) is 11.6 Å². The first-order valence-electron chi connectivity index (χ1n) is 6.93. The fraction of sp³-hybridized carbons (Fsp3) is 0.294. The summed E-state index contributed by atoms with van der Waals surface area (Å²) in [7, 11) is 0. The lowest BCUT2D eigenvalue weighted by atomic mass is 9.97. The van der Waals surface area contributed by atoms with Crippen molar-refractivity contribution in [2.45, 2.75) is 33.1 Å². The van der Waals surface area contributed by atoms with E-state index in [4.69, 9.17) is 4.42 Å². The number of hydrogen-bond acceptors (Lipinski definition) is 4. The van der Waals surface area contributed by atoms with Crippen LogP contribution < -0.4 is 0 Å². The van der Waals surface area contributed by atoms with Crippen LogP contribution >= 0.6 is 0 Å². The van der Waals surface area contributed by atoms with Gasteiger partial charge in [0.15, 0.2) is 0 Å². The van der Waals surface area contributed by atoms with Gasteiger partial charge in [0.25, 0.3) is 0 Å². The predicted molar refractivity (Wildman–Crippen MR) is 83.9 cm³/mol. The van der Waals surface area contributed by atoms with Crippen LogP contribution in [0, 0.1) is 0 Å². The molecule has 1 N–H and O–H groups in total. The van der Waals surface area contributed by atoms with Gasteiger partial charge < -0.3 is 9.52 Å². The maximum Gasteiger partial charge on any atom is 0.310 e. The van der Waals surface area contributed by atoms with Gasteiger partial charge >= 0.3 is 5.95 Å². The molecule has 0 atom stereocenters. The van der Waals surface area contributed by atoms with Gasteiger partial charge in [-0.1, -0.05) is 39.0 Å². The normalized spacial score (nSPS) is 16.2. The lowest BCUT2D eigenvalue weighted by Crippen LogP contribution is -2.11. The van der Waals surface area contributed by atoms with E-state index in [1.165, 1.54) is 0 Å². The lowest BCUT2D eigenvalue weighted by molar-refractivity contribution is 0.290. The van der Waals surface area contributed by atoms with Gasteiger partial charge in [0.1, 0.15) is 5.69 Å². The van der Waals surface area contributed by atoms with Gasteiger partial charge in [-0.25, -0.2) is 4.98 Å². The van der Waals surface area contributed by atoms with Gasteiger partial charge in [-0.3, -0.25) is 4.99 Å². The number of fused-ring (bicyclic) bond motifs is 1. The van der Waals surface area contributed by atoms with E-state index in [9.17, 15) is 5.11 Å². The smallest absolute Gasteiger partial charge is 0.310 e. The van der Waals surface area contributed by atoms with Gasteiger partial charge in [-0.15, -0.1) is 0 Å². The molecule has 2 aromatic rings. The molecule has 0 fully saturated rings. The Labute approximate surface area is 123 Å². The minimum Gasteiger partial charge on any atom is -0.479 e. The van der Waals surface area contributed by atoms with Crippen LogP contribution in [0.3, 0.4) is 0 Å². The third-order valence-electron chi connectivity index (χ3n) is 3.43. The maximum absolute atomic E-state index is 9.98.